The first kappa shape index (κ1) is 15.8. The molecule has 5 heteroatoms. The van der Waals surface area contributed by atoms with Crippen LogP contribution < -0.4 is 5.32 Å². The van der Waals surface area contributed by atoms with Crippen LogP contribution in [0.5, 0.6) is 0 Å². The Labute approximate surface area is 149 Å². The summed E-state index contributed by atoms with van der Waals surface area (Å²) in [6.45, 7) is 10.7. The van der Waals surface area contributed by atoms with E-state index < -0.39 is 0 Å². The topological polar surface area (TPSA) is 52.0 Å². The fourth-order valence-electron chi connectivity index (χ4n) is 4.69. The van der Waals surface area contributed by atoms with Crippen molar-refractivity contribution < 1.29 is 4.74 Å². The second kappa shape index (κ2) is 5.27. The number of nitrogens with one attached hydrogen (secondary N) is 1. The lowest BCUT2D eigenvalue weighted by Gasteiger charge is -2.54. The second-order valence-electron chi connectivity index (χ2n) is 9.37. The highest BCUT2D eigenvalue weighted by molar-refractivity contribution is 5.80. The minimum atomic E-state index is -0.0380. The van der Waals surface area contributed by atoms with Gasteiger partial charge in [0.15, 0.2) is 0 Å². The number of ether oxygens (including phenoxy) is 1. The molecule has 2 aliphatic heterocycles. The van der Waals surface area contributed by atoms with E-state index >= 15 is 0 Å². The highest BCUT2D eigenvalue weighted by atomic mass is 16.5. The molecule has 0 radical (unpaired) electrons. The van der Waals surface area contributed by atoms with Crippen molar-refractivity contribution in [3.63, 3.8) is 0 Å². The molecule has 1 atom stereocenters. The third-order valence-electron chi connectivity index (χ3n) is 6.32. The number of fused-ring (bicyclic) bond motifs is 1. The molecule has 5 nitrogen and oxygen atoms in total. The van der Waals surface area contributed by atoms with Crippen LogP contribution >= 0.6 is 0 Å². The minimum absolute atomic E-state index is 0.0380. The SMILES string of the molecule is CC(C)(C)c1nc(C2CC3(CNC3)C2)c2ccn([C@H]3CCOC3)c2n1. The summed E-state index contributed by atoms with van der Waals surface area (Å²) >= 11 is 0. The van der Waals surface area contributed by atoms with Gasteiger partial charge < -0.3 is 14.6 Å². The van der Waals surface area contributed by atoms with E-state index in [2.05, 4.69) is 42.9 Å². The van der Waals surface area contributed by atoms with Crippen LogP contribution in [0.15, 0.2) is 12.3 Å². The molecular formula is C20H28N4O. The molecule has 3 aliphatic rings. The molecule has 0 aromatic carbocycles. The van der Waals surface area contributed by atoms with Gasteiger partial charge in [0.05, 0.1) is 18.3 Å². The average Bonchev–Trinajstić information content (AvgIpc) is 3.11. The van der Waals surface area contributed by atoms with Crippen molar-refractivity contribution in [2.75, 3.05) is 26.3 Å². The monoisotopic (exact) mass is 340 g/mol. The summed E-state index contributed by atoms with van der Waals surface area (Å²) in [5.74, 6) is 1.56. The molecule has 1 aliphatic carbocycles. The molecule has 2 saturated heterocycles. The van der Waals surface area contributed by atoms with Gasteiger partial charge in [-0.15, -0.1) is 0 Å². The number of hydrogen-bond donors (Lipinski definition) is 1. The predicted octanol–water partition coefficient (Wildman–Crippen LogP) is 3.16. The lowest BCUT2D eigenvalue weighted by Crippen LogP contribution is -2.59. The van der Waals surface area contributed by atoms with Crippen LogP contribution in [-0.4, -0.2) is 40.8 Å². The van der Waals surface area contributed by atoms with Crippen LogP contribution in [0.4, 0.5) is 0 Å². The van der Waals surface area contributed by atoms with Crippen molar-refractivity contribution in [2.45, 2.75) is 57.4 Å². The van der Waals surface area contributed by atoms with Gasteiger partial charge in [-0.3, -0.25) is 0 Å². The highest BCUT2D eigenvalue weighted by Crippen LogP contribution is 2.54. The zero-order valence-corrected chi connectivity index (χ0v) is 15.5. The van der Waals surface area contributed by atoms with E-state index in [9.17, 15) is 0 Å². The molecule has 1 spiro atoms. The Bertz CT molecular complexity index is 801. The molecule has 2 aromatic heterocycles. The van der Waals surface area contributed by atoms with E-state index in [0.29, 0.717) is 17.4 Å². The van der Waals surface area contributed by atoms with Crippen molar-refractivity contribution >= 4 is 11.0 Å². The Morgan fingerprint density at radius 1 is 1.24 bits per heavy atom. The van der Waals surface area contributed by atoms with E-state index in [0.717, 1.165) is 31.1 Å². The Balaban J connectivity index is 1.60. The number of rotatable bonds is 2. The third-order valence-corrected chi connectivity index (χ3v) is 6.32. The fourth-order valence-corrected chi connectivity index (χ4v) is 4.69. The maximum absolute atomic E-state index is 5.62. The summed E-state index contributed by atoms with van der Waals surface area (Å²) in [4.78, 5) is 10.1. The highest BCUT2D eigenvalue weighted by Gasteiger charge is 2.49. The molecule has 0 unspecified atom stereocenters. The van der Waals surface area contributed by atoms with Gasteiger partial charge in [-0.2, -0.15) is 0 Å². The van der Waals surface area contributed by atoms with Gasteiger partial charge in [0.1, 0.15) is 11.5 Å². The zero-order chi connectivity index (χ0) is 17.2. The van der Waals surface area contributed by atoms with Crippen LogP contribution in [-0.2, 0) is 10.2 Å². The normalized spacial score (nSPS) is 26.1. The maximum atomic E-state index is 5.62. The lowest BCUT2D eigenvalue weighted by atomic mass is 9.57. The van der Waals surface area contributed by atoms with Gasteiger partial charge in [-0.25, -0.2) is 9.97 Å². The molecule has 0 amide bonds. The molecule has 5 rings (SSSR count). The molecular weight excluding hydrogens is 312 g/mol. The first-order valence-electron chi connectivity index (χ1n) is 9.63. The predicted molar refractivity (Wildman–Crippen MR) is 98.0 cm³/mol. The van der Waals surface area contributed by atoms with E-state index in [4.69, 9.17) is 14.7 Å². The molecule has 1 saturated carbocycles. The van der Waals surface area contributed by atoms with Crippen LogP contribution in [0, 0.1) is 5.41 Å². The molecule has 25 heavy (non-hydrogen) atoms. The quantitative estimate of drug-likeness (QED) is 0.912. The van der Waals surface area contributed by atoms with E-state index in [-0.39, 0.29) is 5.41 Å². The van der Waals surface area contributed by atoms with Gasteiger partial charge in [0.25, 0.3) is 0 Å². The maximum Gasteiger partial charge on any atom is 0.144 e. The number of hydrogen-bond acceptors (Lipinski definition) is 4. The first-order valence-corrected chi connectivity index (χ1v) is 9.63. The van der Waals surface area contributed by atoms with Gasteiger partial charge >= 0.3 is 0 Å². The zero-order valence-electron chi connectivity index (χ0n) is 15.5. The smallest absolute Gasteiger partial charge is 0.144 e. The molecule has 134 valence electrons. The summed E-state index contributed by atoms with van der Waals surface area (Å²) in [6, 6.07) is 2.65. The molecule has 1 N–H and O–H groups in total. The Morgan fingerprint density at radius 3 is 2.64 bits per heavy atom. The lowest BCUT2D eigenvalue weighted by molar-refractivity contribution is 0.0351. The van der Waals surface area contributed by atoms with Crippen LogP contribution in [0.2, 0.25) is 0 Å². The second-order valence-corrected chi connectivity index (χ2v) is 9.37. The Morgan fingerprint density at radius 2 is 2.04 bits per heavy atom. The molecule has 2 aromatic rings. The van der Waals surface area contributed by atoms with Gasteiger partial charge in [-0.1, -0.05) is 20.8 Å². The van der Waals surface area contributed by atoms with E-state index in [1.807, 2.05) is 0 Å². The summed E-state index contributed by atoms with van der Waals surface area (Å²) in [6.07, 6.45) is 5.82. The minimum Gasteiger partial charge on any atom is -0.379 e. The van der Waals surface area contributed by atoms with Crippen LogP contribution in [0.3, 0.4) is 0 Å². The van der Waals surface area contributed by atoms with E-state index in [1.54, 1.807) is 0 Å². The summed E-state index contributed by atoms with van der Waals surface area (Å²) in [7, 11) is 0. The van der Waals surface area contributed by atoms with Gasteiger partial charge in [-0.05, 0) is 30.7 Å². The number of nitrogens with zero attached hydrogens (tertiary/aromatic N) is 3. The van der Waals surface area contributed by atoms with Crippen molar-refractivity contribution in [3.05, 3.63) is 23.8 Å². The van der Waals surface area contributed by atoms with Crippen LogP contribution in [0.1, 0.15) is 63.5 Å². The van der Waals surface area contributed by atoms with Gasteiger partial charge in [0, 0.05) is 42.6 Å². The van der Waals surface area contributed by atoms with Crippen molar-refractivity contribution in [2.24, 2.45) is 5.41 Å². The van der Waals surface area contributed by atoms with Crippen molar-refractivity contribution in [1.82, 2.24) is 19.9 Å². The van der Waals surface area contributed by atoms with Crippen molar-refractivity contribution in [1.29, 1.82) is 0 Å². The average molecular weight is 340 g/mol. The van der Waals surface area contributed by atoms with Crippen molar-refractivity contribution in [3.8, 4) is 0 Å². The molecule has 0 bridgehead atoms. The Hall–Kier alpha value is -1.46. The largest absolute Gasteiger partial charge is 0.379 e. The van der Waals surface area contributed by atoms with Gasteiger partial charge in [0.2, 0.25) is 0 Å². The number of aromatic nitrogens is 3. The summed E-state index contributed by atoms with van der Waals surface area (Å²) < 4.78 is 7.95. The van der Waals surface area contributed by atoms with Crippen LogP contribution in [0.25, 0.3) is 11.0 Å². The Kier molecular flexibility index (Phi) is 3.32. The van der Waals surface area contributed by atoms with E-state index in [1.165, 1.54) is 37.0 Å². The molecule has 4 heterocycles. The molecule has 3 fully saturated rings. The summed E-state index contributed by atoms with van der Waals surface area (Å²) in [5.41, 5.74) is 2.92. The fraction of sp³-hybridized carbons (Fsp3) is 0.700. The summed E-state index contributed by atoms with van der Waals surface area (Å²) in [5, 5.41) is 4.70. The third kappa shape index (κ3) is 2.43. The standard InChI is InChI=1S/C20H28N4O/c1-19(2,3)18-22-16(13-8-20(9-13)11-21-12-20)15-4-6-24(17(15)23-18)14-5-7-25-10-14/h4,6,13-14,21H,5,7-12H2,1-3H3/t14-/m0/s1. The first-order chi connectivity index (χ1) is 12.0.